The first-order valence-electron chi connectivity index (χ1n) is 8.62. The molecular weight excluding hydrogens is 352 g/mol. The third-order valence-corrected chi connectivity index (χ3v) is 5.03. The van der Waals surface area contributed by atoms with Crippen LogP contribution in [0.4, 0.5) is 5.69 Å². The van der Waals surface area contributed by atoms with Crippen molar-refractivity contribution in [1.29, 1.82) is 0 Å². The molecule has 0 atom stereocenters. The van der Waals surface area contributed by atoms with Crippen molar-refractivity contribution >= 4 is 17.6 Å². The molecule has 9 nitrogen and oxygen atoms in total. The molecule has 1 aromatic carbocycles. The summed E-state index contributed by atoms with van der Waals surface area (Å²) in [5, 5.41) is 24.6. The molecule has 9 heteroatoms. The van der Waals surface area contributed by atoms with Crippen LogP contribution in [0.2, 0.25) is 0 Å². The van der Waals surface area contributed by atoms with E-state index in [1.807, 2.05) is 0 Å². The molecule has 0 unspecified atom stereocenters. The van der Waals surface area contributed by atoms with Gasteiger partial charge in [0.05, 0.1) is 22.9 Å². The Kier molecular flexibility index (Phi) is 4.93. The minimum Gasteiger partial charge on any atom is -0.478 e. The van der Waals surface area contributed by atoms with E-state index >= 15 is 0 Å². The molecule has 2 heterocycles. The first-order chi connectivity index (χ1) is 12.8. The molecule has 3 rings (SSSR count). The van der Waals surface area contributed by atoms with Gasteiger partial charge in [-0.05, 0) is 32.3 Å². The smallest absolute Gasteiger partial charge is 0.339 e. The maximum absolute atomic E-state index is 12.9. The number of hydrogen-bond donors (Lipinski definition) is 1. The van der Waals surface area contributed by atoms with Crippen molar-refractivity contribution in [3.63, 3.8) is 0 Å². The van der Waals surface area contributed by atoms with Crippen LogP contribution in [-0.4, -0.2) is 49.7 Å². The van der Waals surface area contributed by atoms with Crippen LogP contribution in [0.5, 0.6) is 0 Å². The molecule has 0 bridgehead atoms. The fourth-order valence-electron chi connectivity index (χ4n) is 3.56. The summed E-state index contributed by atoms with van der Waals surface area (Å²) in [5.74, 6) is -1.36. The van der Waals surface area contributed by atoms with E-state index < -0.39 is 10.9 Å². The second kappa shape index (κ2) is 7.18. The van der Waals surface area contributed by atoms with Crippen LogP contribution in [0.25, 0.3) is 0 Å². The van der Waals surface area contributed by atoms with E-state index in [1.165, 1.54) is 12.3 Å². The number of rotatable bonds is 4. The van der Waals surface area contributed by atoms with Crippen molar-refractivity contribution in [2.24, 2.45) is 0 Å². The van der Waals surface area contributed by atoms with Crippen LogP contribution in [0.15, 0.2) is 24.4 Å². The van der Waals surface area contributed by atoms with E-state index in [4.69, 9.17) is 5.11 Å². The van der Waals surface area contributed by atoms with Crippen molar-refractivity contribution in [2.75, 3.05) is 13.1 Å². The van der Waals surface area contributed by atoms with Crippen LogP contribution in [0.3, 0.4) is 0 Å². The van der Waals surface area contributed by atoms with Crippen molar-refractivity contribution in [3.8, 4) is 0 Å². The Labute approximate surface area is 155 Å². The number of nitro groups is 1. The molecule has 0 saturated carbocycles. The maximum Gasteiger partial charge on any atom is 0.339 e. The Hall–Kier alpha value is -3.23. The molecule has 1 aliphatic heterocycles. The van der Waals surface area contributed by atoms with Gasteiger partial charge in [-0.15, -0.1) is 0 Å². The average Bonchev–Trinajstić information content (AvgIpc) is 3.02. The lowest BCUT2D eigenvalue weighted by atomic mass is 10.0. The molecule has 142 valence electrons. The second-order valence-electron chi connectivity index (χ2n) is 6.64. The summed E-state index contributed by atoms with van der Waals surface area (Å²) in [7, 11) is 0. The molecule has 0 aliphatic carbocycles. The summed E-state index contributed by atoms with van der Waals surface area (Å²) >= 11 is 0. The maximum atomic E-state index is 12.9. The van der Waals surface area contributed by atoms with Crippen molar-refractivity contribution in [2.45, 2.75) is 32.7 Å². The molecular formula is C18H20N4O5. The van der Waals surface area contributed by atoms with Gasteiger partial charge in [-0.2, -0.15) is 5.10 Å². The van der Waals surface area contributed by atoms with E-state index in [9.17, 15) is 19.7 Å². The highest BCUT2D eigenvalue weighted by Gasteiger charge is 2.31. The lowest BCUT2D eigenvalue weighted by Gasteiger charge is -2.32. The molecule has 27 heavy (non-hydrogen) atoms. The van der Waals surface area contributed by atoms with E-state index in [1.54, 1.807) is 35.6 Å². The van der Waals surface area contributed by atoms with Gasteiger partial charge < -0.3 is 10.0 Å². The molecule has 1 saturated heterocycles. The van der Waals surface area contributed by atoms with Gasteiger partial charge in [0.25, 0.3) is 11.6 Å². The van der Waals surface area contributed by atoms with Crippen LogP contribution >= 0.6 is 0 Å². The average molecular weight is 372 g/mol. The zero-order valence-electron chi connectivity index (χ0n) is 15.1. The summed E-state index contributed by atoms with van der Waals surface area (Å²) in [6, 6.07) is 4.59. The predicted octanol–water partition coefficient (Wildman–Crippen LogP) is 2.58. The molecule has 1 fully saturated rings. The van der Waals surface area contributed by atoms with Crippen LogP contribution in [0.1, 0.15) is 50.9 Å². The third-order valence-electron chi connectivity index (χ3n) is 5.03. The lowest BCUT2D eigenvalue weighted by molar-refractivity contribution is -0.385. The highest BCUT2D eigenvalue weighted by molar-refractivity contribution is 5.99. The van der Waals surface area contributed by atoms with Gasteiger partial charge in [0.1, 0.15) is 11.1 Å². The zero-order chi connectivity index (χ0) is 19.7. The van der Waals surface area contributed by atoms with Gasteiger partial charge in [0.2, 0.25) is 0 Å². The normalized spacial score (nSPS) is 15.0. The predicted molar refractivity (Wildman–Crippen MR) is 95.9 cm³/mol. The summed E-state index contributed by atoms with van der Waals surface area (Å²) < 4.78 is 1.70. The molecule has 2 aromatic rings. The number of carbonyl (C=O) groups excluding carboxylic acids is 1. The van der Waals surface area contributed by atoms with Gasteiger partial charge in [0.15, 0.2) is 0 Å². The summed E-state index contributed by atoms with van der Waals surface area (Å²) in [4.78, 5) is 36.4. The zero-order valence-corrected chi connectivity index (χ0v) is 15.1. The number of likely N-dealkylation sites (tertiary alicyclic amines) is 1. The van der Waals surface area contributed by atoms with Gasteiger partial charge in [-0.25, -0.2) is 4.79 Å². The highest BCUT2D eigenvalue weighted by atomic mass is 16.6. The standard InChI is InChI=1S/C18H20N4O5/c1-11-4-3-5-15(22(26)27)16(11)17(23)20-8-6-13(7-9-20)21-12(2)14(10-19-21)18(24)25/h3-5,10,13H,6-9H2,1-2H3,(H,24,25). The minimum atomic E-state index is -1.02. The Morgan fingerprint density at radius 1 is 1.26 bits per heavy atom. The monoisotopic (exact) mass is 372 g/mol. The number of aromatic carboxylic acids is 1. The van der Waals surface area contributed by atoms with Crippen molar-refractivity contribution in [3.05, 3.63) is 56.9 Å². The number of carboxylic acids is 1. The summed E-state index contributed by atoms with van der Waals surface area (Å²) in [6.07, 6.45) is 2.55. The number of aryl methyl sites for hydroxylation is 1. The number of benzene rings is 1. The van der Waals surface area contributed by atoms with Crippen LogP contribution in [0, 0.1) is 24.0 Å². The van der Waals surface area contributed by atoms with Gasteiger partial charge in [-0.1, -0.05) is 12.1 Å². The Morgan fingerprint density at radius 3 is 2.48 bits per heavy atom. The fraction of sp³-hybridized carbons (Fsp3) is 0.389. The number of amides is 1. The number of nitrogens with zero attached hydrogens (tertiary/aromatic N) is 4. The SMILES string of the molecule is Cc1cccc([N+](=O)[O-])c1C(=O)N1CCC(n2ncc(C(=O)O)c2C)CC1. The van der Waals surface area contributed by atoms with Gasteiger partial charge >= 0.3 is 5.97 Å². The second-order valence-corrected chi connectivity index (χ2v) is 6.64. The van der Waals surface area contributed by atoms with Gasteiger partial charge in [0, 0.05) is 19.2 Å². The largest absolute Gasteiger partial charge is 0.478 e. The van der Waals surface area contributed by atoms with E-state index in [-0.39, 0.29) is 28.8 Å². The topological polar surface area (TPSA) is 119 Å². The molecule has 1 aliphatic rings. The number of carboxylic acid groups (broad SMARTS) is 1. The number of aromatic nitrogens is 2. The number of hydrogen-bond acceptors (Lipinski definition) is 5. The van der Waals surface area contributed by atoms with Crippen LogP contribution < -0.4 is 0 Å². The van der Waals surface area contributed by atoms with Gasteiger partial charge in [-0.3, -0.25) is 19.6 Å². The van der Waals surface area contributed by atoms with Crippen molar-refractivity contribution in [1.82, 2.24) is 14.7 Å². The molecule has 0 radical (unpaired) electrons. The first kappa shape index (κ1) is 18.6. The summed E-state index contributed by atoms with van der Waals surface area (Å²) in [5.41, 5.74) is 1.27. The van der Waals surface area contributed by atoms with Crippen molar-refractivity contribution < 1.29 is 19.6 Å². The molecule has 1 aromatic heterocycles. The third kappa shape index (κ3) is 3.40. The number of nitro benzene ring substituents is 1. The number of piperidine rings is 1. The summed E-state index contributed by atoms with van der Waals surface area (Å²) in [6.45, 7) is 4.26. The molecule has 1 N–H and O–H groups in total. The quantitative estimate of drug-likeness (QED) is 0.651. The highest BCUT2D eigenvalue weighted by Crippen LogP contribution is 2.28. The molecule has 0 spiro atoms. The Morgan fingerprint density at radius 2 is 1.93 bits per heavy atom. The fourth-order valence-corrected chi connectivity index (χ4v) is 3.56. The number of carbonyl (C=O) groups is 2. The van der Waals surface area contributed by atoms with Crippen LogP contribution in [-0.2, 0) is 0 Å². The first-order valence-corrected chi connectivity index (χ1v) is 8.62. The van der Waals surface area contributed by atoms with E-state index in [0.29, 0.717) is 37.2 Å². The van der Waals surface area contributed by atoms with E-state index in [0.717, 1.165) is 0 Å². The lowest BCUT2D eigenvalue weighted by Crippen LogP contribution is -2.40. The van der Waals surface area contributed by atoms with E-state index in [2.05, 4.69) is 5.10 Å². The minimum absolute atomic E-state index is 0.00555. The Bertz CT molecular complexity index is 912. The Balaban J connectivity index is 1.76. The molecule has 1 amide bonds.